The van der Waals surface area contributed by atoms with Crippen molar-refractivity contribution in [3.8, 4) is 11.8 Å². The summed E-state index contributed by atoms with van der Waals surface area (Å²) < 4.78 is 0. The molecular formula is C13H8ClNOS. The smallest absolute Gasteiger partial charge is 0.115 e. The average molecular weight is 262 g/mol. The van der Waals surface area contributed by atoms with Crippen molar-refractivity contribution >= 4 is 23.4 Å². The van der Waals surface area contributed by atoms with Crippen LogP contribution in [0.25, 0.3) is 0 Å². The van der Waals surface area contributed by atoms with Crippen LogP contribution in [0.3, 0.4) is 0 Å². The predicted octanol–water partition coefficient (Wildman–Crippen LogP) is 4.07. The zero-order valence-electron chi connectivity index (χ0n) is 8.72. The highest BCUT2D eigenvalue weighted by Crippen LogP contribution is 2.31. The molecule has 0 saturated carbocycles. The van der Waals surface area contributed by atoms with Gasteiger partial charge < -0.3 is 5.11 Å². The zero-order chi connectivity index (χ0) is 12.3. The van der Waals surface area contributed by atoms with E-state index in [4.69, 9.17) is 16.9 Å². The molecule has 2 aromatic carbocycles. The van der Waals surface area contributed by atoms with Gasteiger partial charge in [0.1, 0.15) is 11.8 Å². The van der Waals surface area contributed by atoms with Crippen LogP contribution in [0.5, 0.6) is 5.75 Å². The molecule has 0 atom stereocenters. The average Bonchev–Trinajstić information content (AvgIpc) is 2.34. The van der Waals surface area contributed by atoms with E-state index in [9.17, 15) is 5.11 Å². The van der Waals surface area contributed by atoms with Crippen LogP contribution in [-0.2, 0) is 0 Å². The summed E-state index contributed by atoms with van der Waals surface area (Å²) in [4.78, 5) is 1.94. The fourth-order valence-electron chi connectivity index (χ4n) is 1.30. The molecule has 0 fully saturated rings. The summed E-state index contributed by atoms with van der Waals surface area (Å²) in [5.41, 5.74) is 0.468. The second kappa shape index (κ2) is 5.13. The third-order valence-corrected chi connectivity index (χ3v) is 3.46. The van der Waals surface area contributed by atoms with E-state index >= 15 is 0 Å². The van der Waals surface area contributed by atoms with Gasteiger partial charge in [-0.05, 0) is 42.5 Å². The van der Waals surface area contributed by atoms with Gasteiger partial charge in [-0.15, -0.1) is 0 Å². The summed E-state index contributed by atoms with van der Waals surface area (Å²) in [5, 5.41) is 18.5. The van der Waals surface area contributed by atoms with Gasteiger partial charge >= 0.3 is 0 Å². The Balaban J connectivity index is 2.25. The molecule has 2 aromatic rings. The van der Waals surface area contributed by atoms with Crippen molar-refractivity contribution in [2.24, 2.45) is 0 Å². The van der Waals surface area contributed by atoms with Crippen LogP contribution in [0.2, 0.25) is 5.02 Å². The largest absolute Gasteiger partial charge is 0.508 e. The maximum absolute atomic E-state index is 9.17. The third-order valence-electron chi connectivity index (χ3n) is 2.13. The summed E-state index contributed by atoms with van der Waals surface area (Å²) in [5.74, 6) is 0.239. The first kappa shape index (κ1) is 11.8. The quantitative estimate of drug-likeness (QED) is 0.886. The number of benzene rings is 2. The van der Waals surface area contributed by atoms with Gasteiger partial charge in [-0.3, -0.25) is 0 Å². The van der Waals surface area contributed by atoms with Gasteiger partial charge in [-0.25, -0.2) is 0 Å². The van der Waals surface area contributed by atoms with Crippen molar-refractivity contribution in [1.82, 2.24) is 0 Å². The lowest BCUT2D eigenvalue weighted by molar-refractivity contribution is 0.475. The molecule has 0 unspecified atom stereocenters. The Labute approximate surface area is 108 Å². The maximum Gasteiger partial charge on any atom is 0.115 e. The van der Waals surface area contributed by atoms with Crippen LogP contribution < -0.4 is 0 Å². The predicted molar refractivity (Wildman–Crippen MR) is 68.4 cm³/mol. The number of hydrogen-bond acceptors (Lipinski definition) is 3. The molecule has 0 spiro atoms. The van der Waals surface area contributed by atoms with E-state index < -0.39 is 0 Å². The second-order valence-electron chi connectivity index (χ2n) is 3.35. The van der Waals surface area contributed by atoms with Crippen molar-refractivity contribution in [2.45, 2.75) is 9.79 Å². The van der Waals surface area contributed by atoms with Crippen LogP contribution in [-0.4, -0.2) is 5.11 Å². The molecule has 0 aromatic heterocycles. The molecule has 0 radical (unpaired) electrons. The Morgan fingerprint density at radius 3 is 2.35 bits per heavy atom. The molecule has 2 rings (SSSR count). The molecule has 17 heavy (non-hydrogen) atoms. The van der Waals surface area contributed by atoms with Crippen molar-refractivity contribution < 1.29 is 5.11 Å². The van der Waals surface area contributed by atoms with Gasteiger partial charge in [0.15, 0.2) is 0 Å². The molecule has 0 aliphatic rings. The number of nitriles is 1. The molecule has 1 N–H and O–H groups in total. The van der Waals surface area contributed by atoms with Gasteiger partial charge in [0, 0.05) is 9.79 Å². The molecule has 84 valence electrons. The fourth-order valence-corrected chi connectivity index (χ4v) is 2.32. The lowest BCUT2D eigenvalue weighted by Gasteiger charge is -2.03. The number of aromatic hydroxyl groups is 1. The number of phenols is 1. The van der Waals surface area contributed by atoms with Gasteiger partial charge in [-0.2, -0.15) is 5.26 Å². The van der Waals surface area contributed by atoms with Crippen LogP contribution in [0.4, 0.5) is 0 Å². The number of nitrogens with zero attached hydrogens (tertiary/aromatic N) is 1. The van der Waals surface area contributed by atoms with E-state index in [0.29, 0.717) is 10.6 Å². The summed E-state index contributed by atoms with van der Waals surface area (Å²) in [6.07, 6.45) is 0. The molecule has 0 aliphatic heterocycles. The van der Waals surface area contributed by atoms with E-state index in [1.54, 1.807) is 24.3 Å². The number of phenolic OH excluding ortho intramolecular Hbond substituents is 1. The van der Waals surface area contributed by atoms with E-state index in [0.717, 1.165) is 9.79 Å². The van der Waals surface area contributed by atoms with Crippen molar-refractivity contribution in [2.75, 3.05) is 0 Å². The van der Waals surface area contributed by atoms with Gasteiger partial charge in [0.05, 0.1) is 10.6 Å². The second-order valence-corrected chi connectivity index (χ2v) is 4.90. The highest BCUT2D eigenvalue weighted by molar-refractivity contribution is 7.99. The molecular weight excluding hydrogens is 254 g/mol. The summed E-state index contributed by atoms with van der Waals surface area (Å²) in [6.45, 7) is 0. The van der Waals surface area contributed by atoms with Crippen LogP contribution in [0, 0.1) is 11.3 Å². The molecule has 4 heteroatoms. The van der Waals surface area contributed by atoms with Crippen LogP contribution in [0.1, 0.15) is 5.56 Å². The lowest BCUT2D eigenvalue weighted by Crippen LogP contribution is -1.79. The number of halogens is 1. The van der Waals surface area contributed by atoms with Crippen molar-refractivity contribution in [1.29, 1.82) is 5.26 Å². The topological polar surface area (TPSA) is 44.0 Å². The Morgan fingerprint density at radius 1 is 1.06 bits per heavy atom. The summed E-state index contributed by atoms with van der Waals surface area (Å²) >= 11 is 7.37. The van der Waals surface area contributed by atoms with E-state index in [1.807, 2.05) is 24.3 Å². The monoisotopic (exact) mass is 261 g/mol. The van der Waals surface area contributed by atoms with E-state index in [-0.39, 0.29) is 5.75 Å². The third kappa shape index (κ3) is 2.94. The standard InChI is InChI=1S/C13H8ClNOS/c14-13-6-5-12(7-9(13)8-15)17-11-3-1-10(16)2-4-11/h1-7,16H. The molecule has 2 nitrogen and oxygen atoms in total. The molecule has 0 heterocycles. The SMILES string of the molecule is N#Cc1cc(Sc2ccc(O)cc2)ccc1Cl. The Bertz CT molecular complexity index is 575. The number of rotatable bonds is 2. The Kier molecular flexibility index (Phi) is 3.58. The molecule has 0 aliphatic carbocycles. The van der Waals surface area contributed by atoms with E-state index in [1.165, 1.54) is 11.8 Å². The van der Waals surface area contributed by atoms with Gasteiger partial charge in [0.25, 0.3) is 0 Å². The van der Waals surface area contributed by atoms with E-state index in [2.05, 4.69) is 0 Å². The Hall–Kier alpha value is -1.63. The minimum Gasteiger partial charge on any atom is -0.508 e. The van der Waals surface area contributed by atoms with Crippen LogP contribution in [0.15, 0.2) is 52.3 Å². The minimum atomic E-state index is 0.239. The van der Waals surface area contributed by atoms with Crippen molar-refractivity contribution in [3.05, 3.63) is 53.1 Å². The van der Waals surface area contributed by atoms with Gasteiger partial charge in [0.2, 0.25) is 0 Å². The minimum absolute atomic E-state index is 0.239. The summed E-state index contributed by atoms with van der Waals surface area (Å²) in [6, 6.07) is 14.3. The van der Waals surface area contributed by atoms with Gasteiger partial charge in [-0.1, -0.05) is 23.4 Å². The van der Waals surface area contributed by atoms with Crippen LogP contribution >= 0.6 is 23.4 Å². The highest BCUT2D eigenvalue weighted by Gasteiger charge is 2.03. The first-order chi connectivity index (χ1) is 8.19. The van der Waals surface area contributed by atoms with Crippen molar-refractivity contribution in [3.63, 3.8) is 0 Å². The molecule has 0 saturated heterocycles. The zero-order valence-corrected chi connectivity index (χ0v) is 10.3. The maximum atomic E-state index is 9.17. The normalized spacial score (nSPS) is 9.88. The summed E-state index contributed by atoms with van der Waals surface area (Å²) in [7, 11) is 0. The number of hydrogen-bond donors (Lipinski definition) is 1. The lowest BCUT2D eigenvalue weighted by atomic mass is 10.2. The molecule has 0 amide bonds. The highest BCUT2D eigenvalue weighted by atomic mass is 35.5. The molecule has 0 bridgehead atoms. The first-order valence-corrected chi connectivity index (χ1v) is 6.05. The first-order valence-electron chi connectivity index (χ1n) is 4.85. The fraction of sp³-hybridized carbons (Fsp3) is 0. The Morgan fingerprint density at radius 2 is 1.71 bits per heavy atom.